The van der Waals surface area contributed by atoms with E-state index in [1.165, 1.54) is 18.4 Å². The van der Waals surface area contributed by atoms with Crippen LogP contribution in [0.25, 0.3) is 10.8 Å². The van der Waals surface area contributed by atoms with Gasteiger partial charge >= 0.3 is 0 Å². The third-order valence-corrected chi connectivity index (χ3v) is 4.94. The van der Waals surface area contributed by atoms with Crippen molar-refractivity contribution in [3.63, 3.8) is 0 Å². The zero-order valence-corrected chi connectivity index (χ0v) is 13.0. The van der Waals surface area contributed by atoms with E-state index in [2.05, 4.69) is 45.4 Å². The molecule has 0 amide bonds. The van der Waals surface area contributed by atoms with Gasteiger partial charge < -0.3 is 4.42 Å². The van der Waals surface area contributed by atoms with Crippen LogP contribution < -0.4 is 0 Å². The molecule has 1 atom stereocenters. The molecule has 3 aromatic rings. The summed E-state index contributed by atoms with van der Waals surface area (Å²) in [5, 5.41) is 10.4. The molecule has 1 fully saturated rings. The molecular weight excluding hydrogens is 294 g/mol. The Kier molecular flexibility index (Phi) is 3.74. The molecule has 4 rings (SSSR count). The maximum atomic E-state index is 5.82. The van der Waals surface area contributed by atoms with E-state index in [0.29, 0.717) is 17.8 Å². The highest BCUT2D eigenvalue weighted by Gasteiger charge is 2.27. The second-order valence-corrected chi connectivity index (χ2v) is 6.47. The van der Waals surface area contributed by atoms with E-state index < -0.39 is 0 Å². The van der Waals surface area contributed by atoms with Crippen LogP contribution in [0.4, 0.5) is 0 Å². The average Bonchev–Trinajstić information content (AvgIpc) is 3.30. The summed E-state index contributed by atoms with van der Waals surface area (Å²) >= 11 is 1.62. The van der Waals surface area contributed by atoms with Gasteiger partial charge in [0.15, 0.2) is 0 Å². The summed E-state index contributed by atoms with van der Waals surface area (Å²) < 4.78 is 5.82. The minimum atomic E-state index is 0.457. The Bertz CT molecular complexity index is 723. The van der Waals surface area contributed by atoms with Crippen molar-refractivity contribution < 1.29 is 4.42 Å². The van der Waals surface area contributed by atoms with E-state index in [1.807, 2.05) is 17.5 Å². The minimum absolute atomic E-state index is 0.457. The van der Waals surface area contributed by atoms with Gasteiger partial charge in [0.1, 0.15) is 0 Å². The van der Waals surface area contributed by atoms with Crippen LogP contribution in [0.15, 0.2) is 52.3 Å². The van der Waals surface area contributed by atoms with Gasteiger partial charge in [-0.2, -0.15) is 0 Å². The lowest BCUT2D eigenvalue weighted by Crippen LogP contribution is -2.22. The van der Waals surface area contributed by atoms with Crippen LogP contribution in [0.1, 0.15) is 30.3 Å². The lowest BCUT2D eigenvalue weighted by Gasteiger charge is -2.23. The topological polar surface area (TPSA) is 42.2 Å². The molecule has 0 radical (unpaired) electrons. The fraction of sp³-hybridized carbons (Fsp3) is 0.294. The Hall–Kier alpha value is -1.98. The lowest BCUT2D eigenvalue weighted by atomic mass is 10.0. The van der Waals surface area contributed by atoms with Gasteiger partial charge in [0.2, 0.25) is 5.89 Å². The fourth-order valence-corrected chi connectivity index (χ4v) is 3.70. The van der Waals surface area contributed by atoms with Crippen LogP contribution in [0, 0.1) is 0 Å². The molecule has 1 aromatic carbocycles. The van der Waals surface area contributed by atoms with Crippen molar-refractivity contribution in [2.75, 3.05) is 6.54 Å². The Balaban J connectivity index is 1.51. The van der Waals surface area contributed by atoms with Crippen molar-refractivity contribution in [1.82, 2.24) is 15.1 Å². The zero-order chi connectivity index (χ0) is 14.8. The average molecular weight is 311 g/mol. The maximum Gasteiger partial charge on any atom is 0.257 e. The predicted octanol–water partition coefficient (Wildman–Crippen LogP) is 4.14. The summed E-state index contributed by atoms with van der Waals surface area (Å²) in [5.74, 6) is 1.33. The number of aromatic nitrogens is 2. The predicted molar refractivity (Wildman–Crippen MR) is 86.4 cm³/mol. The van der Waals surface area contributed by atoms with E-state index in [0.717, 1.165) is 18.0 Å². The van der Waals surface area contributed by atoms with Gasteiger partial charge in [0.05, 0.1) is 11.4 Å². The molecule has 1 aliphatic rings. The standard InChI is InChI=1S/C17H17N3OS/c1-2-6-13(7-3-1)14-8-4-10-20(14)12-16-18-19-17(21-16)15-9-5-11-22-15/h1-3,5-7,9,11,14H,4,8,10,12H2. The molecule has 4 nitrogen and oxygen atoms in total. The van der Waals surface area contributed by atoms with E-state index in [9.17, 15) is 0 Å². The number of hydrogen-bond donors (Lipinski definition) is 0. The minimum Gasteiger partial charge on any atom is -0.419 e. The summed E-state index contributed by atoms with van der Waals surface area (Å²) in [7, 11) is 0. The van der Waals surface area contributed by atoms with Crippen LogP contribution in [0.2, 0.25) is 0 Å². The van der Waals surface area contributed by atoms with Crippen molar-refractivity contribution in [3.05, 3.63) is 59.3 Å². The summed E-state index contributed by atoms with van der Waals surface area (Å²) in [5.41, 5.74) is 1.37. The summed E-state index contributed by atoms with van der Waals surface area (Å²) in [6, 6.07) is 15.1. The monoisotopic (exact) mass is 311 g/mol. The first-order chi connectivity index (χ1) is 10.9. The van der Waals surface area contributed by atoms with Gasteiger partial charge in [-0.25, -0.2) is 0 Å². The second-order valence-electron chi connectivity index (χ2n) is 5.52. The van der Waals surface area contributed by atoms with Crippen LogP contribution in [0.3, 0.4) is 0 Å². The molecule has 0 saturated carbocycles. The van der Waals surface area contributed by atoms with Crippen LogP contribution in [0.5, 0.6) is 0 Å². The molecule has 1 saturated heterocycles. The van der Waals surface area contributed by atoms with Crippen molar-refractivity contribution in [3.8, 4) is 10.8 Å². The Morgan fingerprint density at radius 2 is 2.05 bits per heavy atom. The Morgan fingerprint density at radius 1 is 1.14 bits per heavy atom. The first-order valence-corrected chi connectivity index (χ1v) is 8.43. The van der Waals surface area contributed by atoms with Gasteiger partial charge in [0.25, 0.3) is 5.89 Å². The first-order valence-electron chi connectivity index (χ1n) is 7.55. The molecule has 3 heterocycles. The Morgan fingerprint density at radius 3 is 2.86 bits per heavy atom. The number of nitrogens with zero attached hydrogens (tertiary/aromatic N) is 3. The molecule has 0 spiro atoms. The third-order valence-electron chi connectivity index (χ3n) is 4.09. The highest BCUT2D eigenvalue weighted by Crippen LogP contribution is 2.33. The number of thiophene rings is 1. The molecule has 112 valence electrons. The highest BCUT2D eigenvalue weighted by atomic mass is 32.1. The van der Waals surface area contributed by atoms with E-state index in [4.69, 9.17) is 4.42 Å². The molecule has 0 N–H and O–H groups in total. The van der Waals surface area contributed by atoms with Gasteiger partial charge in [-0.1, -0.05) is 36.4 Å². The number of rotatable bonds is 4. The molecule has 5 heteroatoms. The molecule has 1 unspecified atom stereocenters. The van der Waals surface area contributed by atoms with Crippen LogP contribution >= 0.6 is 11.3 Å². The van der Waals surface area contributed by atoms with E-state index in [1.54, 1.807) is 11.3 Å². The fourth-order valence-electron chi connectivity index (χ4n) is 3.06. The van der Waals surface area contributed by atoms with Crippen molar-refractivity contribution in [2.24, 2.45) is 0 Å². The van der Waals surface area contributed by atoms with Gasteiger partial charge in [-0.15, -0.1) is 21.5 Å². The van der Waals surface area contributed by atoms with Gasteiger partial charge in [0, 0.05) is 6.04 Å². The van der Waals surface area contributed by atoms with Crippen LogP contribution in [-0.2, 0) is 6.54 Å². The smallest absolute Gasteiger partial charge is 0.257 e. The van der Waals surface area contributed by atoms with Crippen molar-refractivity contribution >= 4 is 11.3 Å². The molecule has 22 heavy (non-hydrogen) atoms. The van der Waals surface area contributed by atoms with E-state index in [-0.39, 0.29) is 0 Å². The lowest BCUT2D eigenvalue weighted by molar-refractivity contribution is 0.224. The molecule has 1 aliphatic heterocycles. The Labute approximate surface area is 133 Å². The number of likely N-dealkylation sites (tertiary alicyclic amines) is 1. The van der Waals surface area contributed by atoms with E-state index >= 15 is 0 Å². The van der Waals surface area contributed by atoms with Gasteiger partial charge in [-0.05, 0) is 36.4 Å². The second kappa shape index (κ2) is 6.02. The highest BCUT2D eigenvalue weighted by molar-refractivity contribution is 7.13. The largest absolute Gasteiger partial charge is 0.419 e. The quantitative estimate of drug-likeness (QED) is 0.726. The zero-order valence-electron chi connectivity index (χ0n) is 12.2. The SMILES string of the molecule is c1ccc(C2CCCN2Cc2nnc(-c3cccs3)o2)cc1. The molecular formula is C17H17N3OS. The third kappa shape index (κ3) is 2.69. The maximum absolute atomic E-state index is 5.82. The molecule has 2 aromatic heterocycles. The van der Waals surface area contributed by atoms with Crippen LogP contribution in [-0.4, -0.2) is 21.6 Å². The van der Waals surface area contributed by atoms with Gasteiger partial charge in [-0.3, -0.25) is 4.90 Å². The summed E-state index contributed by atoms with van der Waals surface area (Å²) in [6.45, 7) is 1.80. The summed E-state index contributed by atoms with van der Waals surface area (Å²) in [6.07, 6.45) is 2.40. The van der Waals surface area contributed by atoms with Crippen molar-refractivity contribution in [2.45, 2.75) is 25.4 Å². The number of hydrogen-bond acceptors (Lipinski definition) is 5. The molecule has 0 bridgehead atoms. The summed E-state index contributed by atoms with van der Waals surface area (Å²) in [4.78, 5) is 3.46. The first kappa shape index (κ1) is 13.7. The normalized spacial score (nSPS) is 18.8. The number of benzene rings is 1. The molecule has 0 aliphatic carbocycles. The van der Waals surface area contributed by atoms with Crippen molar-refractivity contribution in [1.29, 1.82) is 0 Å².